The first-order chi connectivity index (χ1) is 9.75. The molecule has 112 valence electrons. The van der Waals surface area contributed by atoms with Crippen LogP contribution < -0.4 is 26.9 Å². The van der Waals surface area contributed by atoms with E-state index in [2.05, 4.69) is 14.9 Å². The Bertz CT molecular complexity index is 566. The number of unbranched alkanes of at least 4 members (excludes halogenated alkanes) is 1. The second-order valence-electron chi connectivity index (χ2n) is 4.46. The predicted molar refractivity (Wildman–Crippen MR) is 78.4 cm³/mol. The zero-order chi connectivity index (χ0) is 14.2. The van der Waals surface area contributed by atoms with Crippen LogP contribution in [0.2, 0.25) is 5.15 Å². The molecule has 0 aliphatic rings. The molecule has 0 bridgehead atoms. The van der Waals surface area contributed by atoms with E-state index in [1.165, 1.54) is 0 Å². The molecule has 0 aromatic carbocycles. The summed E-state index contributed by atoms with van der Waals surface area (Å²) >= 11 is 5.88. The summed E-state index contributed by atoms with van der Waals surface area (Å²) in [5.41, 5.74) is 0.566. The number of nitrogens with zero attached hydrogens (tertiary/aromatic N) is 2. The predicted octanol–water partition coefficient (Wildman–Crippen LogP) is -0.164. The SMILES string of the molecule is O=C(CCCC[n+]1ccccc1)Nc1cccnc1Cl.[Br-]. The molecule has 0 saturated heterocycles. The van der Waals surface area contributed by atoms with Gasteiger partial charge in [0, 0.05) is 31.2 Å². The van der Waals surface area contributed by atoms with Crippen LogP contribution in [0.25, 0.3) is 0 Å². The lowest BCUT2D eigenvalue weighted by Crippen LogP contribution is -3.00. The summed E-state index contributed by atoms with van der Waals surface area (Å²) in [4.78, 5) is 15.7. The van der Waals surface area contributed by atoms with Crippen LogP contribution in [0.3, 0.4) is 0 Å². The molecule has 1 amide bonds. The number of aromatic nitrogens is 2. The number of aryl methyl sites for hydroxylation is 1. The van der Waals surface area contributed by atoms with Gasteiger partial charge in [-0.3, -0.25) is 4.79 Å². The fourth-order valence-corrected chi connectivity index (χ4v) is 2.02. The van der Waals surface area contributed by atoms with Crippen molar-refractivity contribution in [2.45, 2.75) is 25.8 Å². The van der Waals surface area contributed by atoms with Crippen LogP contribution in [0.15, 0.2) is 48.9 Å². The zero-order valence-electron chi connectivity index (χ0n) is 11.5. The maximum atomic E-state index is 11.8. The molecule has 2 aromatic heterocycles. The smallest absolute Gasteiger partial charge is 0.224 e. The number of halogens is 2. The molecule has 21 heavy (non-hydrogen) atoms. The number of carbonyl (C=O) groups is 1. The Kier molecular flexibility index (Phi) is 7.93. The average Bonchev–Trinajstić information content (AvgIpc) is 2.47. The Morgan fingerprint density at radius 3 is 2.67 bits per heavy atom. The molecule has 0 aliphatic heterocycles. The van der Waals surface area contributed by atoms with Gasteiger partial charge in [0.1, 0.15) is 6.54 Å². The average molecular weight is 371 g/mol. The van der Waals surface area contributed by atoms with Gasteiger partial charge in [0.05, 0.1) is 5.69 Å². The highest BCUT2D eigenvalue weighted by Crippen LogP contribution is 2.17. The minimum Gasteiger partial charge on any atom is -1.00 e. The quantitative estimate of drug-likeness (QED) is 0.436. The van der Waals surface area contributed by atoms with Gasteiger partial charge in [0.2, 0.25) is 5.91 Å². The van der Waals surface area contributed by atoms with Crippen molar-refractivity contribution in [2.24, 2.45) is 0 Å². The number of rotatable bonds is 6. The summed E-state index contributed by atoms with van der Waals surface area (Å²) in [7, 11) is 0. The Morgan fingerprint density at radius 2 is 1.95 bits per heavy atom. The highest BCUT2D eigenvalue weighted by molar-refractivity contribution is 6.32. The third-order valence-electron chi connectivity index (χ3n) is 2.88. The molecule has 2 rings (SSSR count). The first kappa shape index (κ1) is 17.6. The summed E-state index contributed by atoms with van der Waals surface area (Å²) in [6.07, 6.45) is 7.92. The largest absolute Gasteiger partial charge is 1.00 e. The third-order valence-corrected chi connectivity index (χ3v) is 3.18. The molecule has 4 nitrogen and oxygen atoms in total. The molecule has 0 radical (unpaired) electrons. The van der Waals surface area contributed by atoms with Gasteiger partial charge in [0.15, 0.2) is 17.5 Å². The standard InChI is InChI=1S/C15H16ClN3O.BrH/c16-15-13(7-6-9-17-15)18-14(20)8-2-5-12-19-10-3-1-4-11-19;/h1,3-4,6-7,9-11H,2,5,8,12H2;1H. The Hall–Kier alpha value is -1.46. The topological polar surface area (TPSA) is 45.9 Å². The summed E-state index contributed by atoms with van der Waals surface area (Å²) < 4.78 is 2.11. The first-order valence-corrected chi connectivity index (χ1v) is 6.98. The minimum absolute atomic E-state index is 0. The fourth-order valence-electron chi connectivity index (χ4n) is 1.86. The van der Waals surface area contributed by atoms with Crippen LogP contribution in [-0.2, 0) is 11.3 Å². The fraction of sp³-hybridized carbons (Fsp3) is 0.267. The molecule has 0 spiro atoms. The molecular weight excluding hydrogens is 354 g/mol. The van der Waals surface area contributed by atoms with E-state index in [-0.39, 0.29) is 22.9 Å². The summed E-state index contributed by atoms with van der Waals surface area (Å²) in [5, 5.41) is 3.09. The van der Waals surface area contributed by atoms with E-state index in [9.17, 15) is 4.79 Å². The Morgan fingerprint density at radius 1 is 1.19 bits per heavy atom. The van der Waals surface area contributed by atoms with E-state index >= 15 is 0 Å². The van der Waals surface area contributed by atoms with Crippen LogP contribution in [-0.4, -0.2) is 10.9 Å². The van der Waals surface area contributed by atoms with Crippen molar-refractivity contribution in [1.29, 1.82) is 0 Å². The van der Waals surface area contributed by atoms with Gasteiger partial charge in [-0.25, -0.2) is 9.55 Å². The molecule has 0 saturated carbocycles. The lowest BCUT2D eigenvalue weighted by molar-refractivity contribution is -0.697. The molecule has 0 aliphatic carbocycles. The van der Waals surface area contributed by atoms with Gasteiger partial charge in [-0.05, 0) is 18.6 Å². The monoisotopic (exact) mass is 369 g/mol. The van der Waals surface area contributed by atoms with Crippen molar-refractivity contribution >= 4 is 23.2 Å². The molecule has 2 aromatic rings. The van der Waals surface area contributed by atoms with E-state index < -0.39 is 0 Å². The maximum absolute atomic E-state index is 11.8. The number of pyridine rings is 2. The molecule has 0 unspecified atom stereocenters. The number of anilines is 1. The van der Waals surface area contributed by atoms with Gasteiger partial charge in [-0.15, -0.1) is 0 Å². The highest BCUT2D eigenvalue weighted by Gasteiger charge is 2.06. The van der Waals surface area contributed by atoms with Gasteiger partial charge in [-0.1, -0.05) is 17.7 Å². The molecule has 6 heteroatoms. The van der Waals surface area contributed by atoms with Gasteiger partial charge >= 0.3 is 0 Å². The summed E-state index contributed by atoms with van der Waals surface area (Å²) in [6.45, 7) is 0.918. The maximum Gasteiger partial charge on any atom is 0.224 e. The highest BCUT2D eigenvalue weighted by atomic mass is 79.9. The number of carbonyl (C=O) groups excluding carboxylic acids is 1. The van der Waals surface area contributed by atoms with Crippen molar-refractivity contribution in [3.05, 3.63) is 54.1 Å². The number of hydrogen-bond donors (Lipinski definition) is 1. The van der Waals surface area contributed by atoms with Crippen LogP contribution in [0, 0.1) is 0 Å². The molecule has 0 fully saturated rings. The van der Waals surface area contributed by atoms with Gasteiger partial charge in [-0.2, -0.15) is 0 Å². The second kappa shape index (κ2) is 9.47. The molecule has 2 heterocycles. The summed E-state index contributed by atoms with van der Waals surface area (Å²) in [5.74, 6) is -0.0297. The lowest BCUT2D eigenvalue weighted by atomic mass is 10.2. The first-order valence-electron chi connectivity index (χ1n) is 6.60. The van der Waals surface area contributed by atoms with Gasteiger partial charge in [0.25, 0.3) is 0 Å². The van der Waals surface area contributed by atoms with Crippen molar-refractivity contribution in [3.8, 4) is 0 Å². The van der Waals surface area contributed by atoms with Crippen molar-refractivity contribution in [3.63, 3.8) is 0 Å². The zero-order valence-corrected chi connectivity index (χ0v) is 13.8. The third kappa shape index (κ3) is 6.23. The second-order valence-corrected chi connectivity index (χ2v) is 4.82. The summed E-state index contributed by atoms with van der Waals surface area (Å²) in [6, 6.07) is 9.47. The molecule has 0 atom stereocenters. The normalized spacial score (nSPS) is 9.76. The van der Waals surface area contributed by atoms with E-state index in [1.54, 1.807) is 18.3 Å². The van der Waals surface area contributed by atoms with Crippen LogP contribution in [0.5, 0.6) is 0 Å². The molecule has 1 N–H and O–H groups in total. The van der Waals surface area contributed by atoms with E-state index in [0.717, 1.165) is 19.4 Å². The Labute approximate surface area is 139 Å². The number of hydrogen-bond acceptors (Lipinski definition) is 2. The van der Waals surface area contributed by atoms with Crippen molar-refractivity contribution < 1.29 is 26.3 Å². The minimum atomic E-state index is -0.0297. The van der Waals surface area contributed by atoms with E-state index in [4.69, 9.17) is 11.6 Å². The van der Waals surface area contributed by atoms with Gasteiger partial charge < -0.3 is 22.3 Å². The number of nitrogens with one attached hydrogen (secondary N) is 1. The van der Waals surface area contributed by atoms with Crippen molar-refractivity contribution in [1.82, 2.24) is 4.98 Å². The lowest BCUT2D eigenvalue weighted by Gasteiger charge is -2.05. The van der Waals surface area contributed by atoms with E-state index in [1.807, 2.05) is 30.6 Å². The number of amides is 1. The van der Waals surface area contributed by atoms with Crippen molar-refractivity contribution in [2.75, 3.05) is 5.32 Å². The molecular formula is C15H17BrClN3O. The van der Waals surface area contributed by atoms with E-state index in [0.29, 0.717) is 17.3 Å². The van der Waals surface area contributed by atoms with Crippen LogP contribution in [0.4, 0.5) is 5.69 Å². The van der Waals surface area contributed by atoms with Crippen LogP contribution >= 0.6 is 11.6 Å². The Balaban J connectivity index is 0.00000220. The van der Waals surface area contributed by atoms with Crippen LogP contribution in [0.1, 0.15) is 19.3 Å².